The van der Waals surface area contributed by atoms with E-state index in [1.807, 2.05) is 0 Å². The average molecular weight is 207 g/mol. The molecule has 0 aromatic carbocycles. The second-order valence-corrected chi connectivity index (χ2v) is 2.34. The lowest BCUT2D eigenvalue weighted by molar-refractivity contribution is 0.0475. The van der Waals surface area contributed by atoms with Crippen molar-refractivity contribution in [2.45, 2.75) is 0 Å². The van der Waals surface area contributed by atoms with Crippen molar-refractivity contribution in [3.63, 3.8) is 0 Å². The van der Waals surface area contributed by atoms with Crippen LogP contribution in [0, 0.1) is 0 Å². The quantitative estimate of drug-likeness (QED) is 0.177. The number of nitrogens with one attached hydrogen (secondary N) is 1. The van der Waals surface area contributed by atoms with E-state index < -0.39 is 7.32 Å². The lowest BCUT2D eigenvalue weighted by atomic mass is 10.2. The molecule has 0 atom stereocenters. The Bertz CT molecular complexity index is 113. The third kappa shape index (κ3) is 8.39. The molecule has 0 aliphatic carbocycles. The fraction of sp³-hybridized carbons (Fsp3) is 1.00. The molecule has 14 heavy (non-hydrogen) atoms. The van der Waals surface area contributed by atoms with Gasteiger partial charge >= 0.3 is 7.32 Å². The van der Waals surface area contributed by atoms with Crippen LogP contribution >= 0.6 is 0 Å². The van der Waals surface area contributed by atoms with E-state index in [9.17, 15) is 0 Å². The van der Waals surface area contributed by atoms with Crippen LogP contribution in [-0.2, 0) is 14.1 Å². The number of hydroxylamine groups is 1. The van der Waals surface area contributed by atoms with Crippen molar-refractivity contribution in [3.8, 4) is 0 Å². The Labute approximate surface area is 83.8 Å². The monoisotopic (exact) mass is 207 g/mol. The number of hydrogen-bond acceptors (Lipinski definition) is 7. The zero-order valence-corrected chi connectivity index (χ0v) is 8.15. The largest absolute Gasteiger partial charge is 0.657 e. The standard InChI is InChI=1S/C6H18BN3O4/c8-1-5-12-7(13-6-2-9)14-10-3-4-11/h10-11H,1-6,8-9H2. The fourth-order valence-corrected chi connectivity index (χ4v) is 0.617. The summed E-state index contributed by atoms with van der Waals surface area (Å²) in [5.41, 5.74) is 12.9. The van der Waals surface area contributed by atoms with Crippen molar-refractivity contribution in [1.29, 1.82) is 0 Å². The van der Waals surface area contributed by atoms with Crippen LogP contribution in [0.1, 0.15) is 0 Å². The minimum atomic E-state index is -0.839. The molecule has 6 N–H and O–H groups in total. The van der Waals surface area contributed by atoms with Gasteiger partial charge in [-0.05, 0) is 0 Å². The summed E-state index contributed by atoms with van der Waals surface area (Å²) in [5.74, 6) is 0. The van der Waals surface area contributed by atoms with Crippen LogP contribution in [-0.4, -0.2) is 51.9 Å². The van der Waals surface area contributed by atoms with E-state index in [4.69, 9.17) is 30.6 Å². The second kappa shape index (κ2) is 10.9. The predicted octanol–water partition coefficient (Wildman–Crippen LogP) is -2.56. The van der Waals surface area contributed by atoms with Crippen molar-refractivity contribution in [3.05, 3.63) is 0 Å². The minimum absolute atomic E-state index is 0.0273. The van der Waals surface area contributed by atoms with Crippen LogP contribution in [0.3, 0.4) is 0 Å². The summed E-state index contributed by atoms with van der Waals surface area (Å²) in [7, 11) is -0.839. The Morgan fingerprint density at radius 2 is 1.71 bits per heavy atom. The van der Waals surface area contributed by atoms with E-state index in [-0.39, 0.29) is 6.61 Å². The van der Waals surface area contributed by atoms with Gasteiger partial charge in [-0.2, -0.15) is 0 Å². The van der Waals surface area contributed by atoms with Gasteiger partial charge in [-0.1, -0.05) is 0 Å². The molecule has 0 aliphatic heterocycles. The third-order valence-electron chi connectivity index (χ3n) is 1.14. The van der Waals surface area contributed by atoms with Gasteiger partial charge in [0.1, 0.15) is 0 Å². The molecule has 0 saturated carbocycles. The molecule has 0 rings (SSSR count). The zero-order valence-electron chi connectivity index (χ0n) is 8.15. The van der Waals surface area contributed by atoms with E-state index >= 15 is 0 Å². The van der Waals surface area contributed by atoms with Crippen LogP contribution in [0.5, 0.6) is 0 Å². The van der Waals surface area contributed by atoms with Crippen LogP contribution in [0.25, 0.3) is 0 Å². The Kier molecular flexibility index (Phi) is 10.7. The van der Waals surface area contributed by atoms with Crippen LogP contribution < -0.4 is 16.9 Å². The number of aliphatic hydroxyl groups is 1. The van der Waals surface area contributed by atoms with E-state index in [0.29, 0.717) is 32.8 Å². The maximum atomic E-state index is 8.47. The lowest BCUT2D eigenvalue weighted by Crippen LogP contribution is -2.37. The minimum Gasteiger partial charge on any atom is -0.395 e. The highest BCUT2D eigenvalue weighted by Gasteiger charge is 2.20. The predicted molar refractivity (Wildman–Crippen MR) is 51.9 cm³/mol. The highest BCUT2D eigenvalue weighted by atomic mass is 16.8. The maximum Gasteiger partial charge on any atom is 0.657 e. The van der Waals surface area contributed by atoms with Crippen molar-refractivity contribution in [2.75, 3.05) is 39.5 Å². The summed E-state index contributed by atoms with van der Waals surface area (Å²) >= 11 is 0. The molecule has 0 amide bonds. The Balaban J connectivity index is 3.49. The lowest BCUT2D eigenvalue weighted by Gasteiger charge is -2.13. The van der Waals surface area contributed by atoms with Gasteiger partial charge in [0.25, 0.3) is 0 Å². The van der Waals surface area contributed by atoms with Crippen molar-refractivity contribution in [1.82, 2.24) is 5.48 Å². The fourth-order valence-electron chi connectivity index (χ4n) is 0.617. The molecule has 0 bridgehead atoms. The van der Waals surface area contributed by atoms with Gasteiger partial charge in [-0.25, -0.2) is 5.48 Å². The average Bonchev–Trinajstić information content (AvgIpc) is 2.21. The summed E-state index contributed by atoms with van der Waals surface area (Å²) in [4.78, 5) is 0. The molecule has 0 unspecified atom stereocenters. The Morgan fingerprint density at radius 1 is 1.14 bits per heavy atom. The van der Waals surface area contributed by atoms with Crippen molar-refractivity contribution in [2.24, 2.45) is 11.5 Å². The first-order chi connectivity index (χ1) is 6.85. The van der Waals surface area contributed by atoms with Crippen LogP contribution in [0.15, 0.2) is 0 Å². The molecule has 0 aliphatic rings. The summed E-state index contributed by atoms with van der Waals surface area (Å²) in [6.45, 7) is 1.69. The van der Waals surface area contributed by atoms with E-state index in [0.717, 1.165) is 0 Å². The highest BCUT2D eigenvalue weighted by molar-refractivity contribution is 6.36. The van der Waals surface area contributed by atoms with Gasteiger partial charge in [0.15, 0.2) is 0 Å². The summed E-state index contributed by atoms with van der Waals surface area (Å²) in [6.07, 6.45) is 0. The van der Waals surface area contributed by atoms with E-state index in [1.165, 1.54) is 0 Å². The van der Waals surface area contributed by atoms with Gasteiger partial charge in [-0.3, -0.25) is 0 Å². The maximum absolute atomic E-state index is 8.47. The normalized spacial score (nSPS) is 10.5. The van der Waals surface area contributed by atoms with Gasteiger partial charge in [0, 0.05) is 32.8 Å². The highest BCUT2D eigenvalue weighted by Crippen LogP contribution is 1.89. The molecule has 7 nitrogen and oxygen atoms in total. The van der Waals surface area contributed by atoms with Gasteiger partial charge in [0.05, 0.1) is 6.61 Å². The van der Waals surface area contributed by atoms with Gasteiger partial charge < -0.3 is 30.6 Å². The van der Waals surface area contributed by atoms with Crippen molar-refractivity contribution < 1.29 is 19.2 Å². The smallest absolute Gasteiger partial charge is 0.395 e. The molecule has 0 radical (unpaired) electrons. The molecule has 0 aromatic heterocycles. The van der Waals surface area contributed by atoms with E-state index in [2.05, 4.69) is 5.48 Å². The van der Waals surface area contributed by atoms with E-state index in [1.54, 1.807) is 0 Å². The molecular weight excluding hydrogens is 189 g/mol. The summed E-state index contributed by atoms with van der Waals surface area (Å²) in [5, 5.41) is 8.47. The van der Waals surface area contributed by atoms with Crippen molar-refractivity contribution >= 4 is 7.32 Å². The molecule has 84 valence electrons. The molecule has 0 fully saturated rings. The van der Waals surface area contributed by atoms with Crippen LogP contribution in [0.2, 0.25) is 0 Å². The van der Waals surface area contributed by atoms with Gasteiger partial charge in [-0.15, -0.1) is 0 Å². The molecule has 0 aromatic rings. The van der Waals surface area contributed by atoms with Crippen LogP contribution in [0.4, 0.5) is 0 Å². The number of rotatable bonds is 10. The Hall–Kier alpha value is -0.215. The molecule has 0 heterocycles. The number of nitrogens with two attached hydrogens (primary N) is 2. The second-order valence-electron chi connectivity index (χ2n) is 2.34. The topological polar surface area (TPSA) is 112 Å². The van der Waals surface area contributed by atoms with Gasteiger partial charge in [0.2, 0.25) is 0 Å². The zero-order chi connectivity index (χ0) is 10.6. The molecule has 8 heteroatoms. The first-order valence-corrected chi connectivity index (χ1v) is 4.47. The molecule has 0 spiro atoms. The SMILES string of the molecule is NCCOB(OCCN)ONCCO. The summed E-state index contributed by atoms with van der Waals surface area (Å²) < 4.78 is 15.1. The number of hydrogen-bond donors (Lipinski definition) is 4. The Morgan fingerprint density at radius 3 is 2.14 bits per heavy atom. The number of aliphatic hydroxyl groups excluding tert-OH is 1. The summed E-state index contributed by atoms with van der Waals surface area (Å²) in [6, 6.07) is 0. The first kappa shape index (κ1) is 13.8. The first-order valence-electron chi connectivity index (χ1n) is 4.47. The molecular formula is C6H18BN3O4. The third-order valence-corrected chi connectivity index (χ3v) is 1.14. The molecule has 0 saturated heterocycles.